The molecule has 0 heterocycles. The molecule has 0 aliphatic rings. The molecule has 0 unspecified atom stereocenters. The van der Waals surface area contributed by atoms with Crippen molar-refractivity contribution in [1.29, 1.82) is 0 Å². The Morgan fingerprint density at radius 1 is 1.17 bits per heavy atom. The number of nitrogens with one attached hydrogen (secondary N) is 1. The Balaban J connectivity index is 1.79. The maximum Gasteiger partial charge on any atom is 0.310 e. The van der Waals surface area contributed by atoms with Crippen molar-refractivity contribution in [2.45, 2.75) is 19.4 Å². The Labute approximate surface area is 154 Å². The fraction of sp³-hybridized carbons (Fsp3) is 0.222. The van der Waals surface area contributed by atoms with E-state index < -0.39 is 5.97 Å². The fourth-order valence-electron chi connectivity index (χ4n) is 2.11. The van der Waals surface area contributed by atoms with Crippen molar-refractivity contribution >= 4 is 39.4 Å². The molecule has 1 atom stereocenters. The van der Waals surface area contributed by atoms with Crippen molar-refractivity contribution in [2.75, 3.05) is 6.61 Å². The minimum atomic E-state index is -0.491. The van der Waals surface area contributed by atoms with Gasteiger partial charge in [0.15, 0.2) is 6.61 Å². The zero-order chi connectivity index (χ0) is 17.5. The van der Waals surface area contributed by atoms with E-state index in [4.69, 9.17) is 16.3 Å². The number of ether oxygens (including phenoxy) is 1. The Bertz CT molecular complexity index is 718. The van der Waals surface area contributed by atoms with E-state index in [2.05, 4.69) is 21.2 Å². The lowest BCUT2D eigenvalue weighted by Gasteiger charge is -2.14. The number of hydrogen-bond donors (Lipinski definition) is 1. The third-order valence-corrected chi connectivity index (χ3v) is 4.30. The topological polar surface area (TPSA) is 55.4 Å². The van der Waals surface area contributed by atoms with Crippen LogP contribution in [-0.2, 0) is 20.7 Å². The molecule has 0 aliphatic heterocycles. The lowest BCUT2D eigenvalue weighted by molar-refractivity contribution is -0.148. The van der Waals surface area contributed by atoms with Crippen LogP contribution in [0.5, 0.6) is 0 Å². The van der Waals surface area contributed by atoms with Gasteiger partial charge in [-0.1, -0.05) is 57.9 Å². The molecule has 0 saturated heterocycles. The van der Waals surface area contributed by atoms with Gasteiger partial charge < -0.3 is 10.1 Å². The van der Waals surface area contributed by atoms with Crippen LogP contribution in [0.3, 0.4) is 0 Å². The van der Waals surface area contributed by atoms with Crippen LogP contribution in [0.4, 0.5) is 0 Å². The molecular weight excluding hydrogens is 394 g/mol. The predicted molar refractivity (Wildman–Crippen MR) is 96.8 cm³/mol. The minimum Gasteiger partial charge on any atom is -0.455 e. The minimum absolute atomic E-state index is 0.0369. The zero-order valence-electron chi connectivity index (χ0n) is 13.1. The summed E-state index contributed by atoms with van der Waals surface area (Å²) in [6, 6.07) is 14.5. The zero-order valence-corrected chi connectivity index (χ0v) is 15.4. The molecule has 4 nitrogen and oxygen atoms in total. The van der Waals surface area contributed by atoms with Crippen molar-refractivity contribution < 1.29 is 14.3 Å². The van der Waals surface area contributed by atoms with Crippen LogP contribution < -0.4 is 5.32 Å². The van der Waals surface area contributed by atoms with E-state index >= 15 is 0 Å². The average Bonchev–Trinajstić information content (AvgIpc) is 2.55. The Morgan fingerprint density at radius 2 is 1.83 bits per heavy atom. The molecule has 6 heteroatoms. The van der Waals surface area contributed by atoms with Gasteiger partial charge in [0.2, 0.25) is 0 Å². The van der Waals surface area contributed by atoms with E-state index in [1.807, 2.05) is 31.2 Å². The highest BCUT2D eigenvalue weighted by Gasteiger charge is 2.13. The van der Waals surface area contributed by atoms with Crippen LogP contribution in [0.1, 0.15) is 24.1 Å². The third kappa shape index (κ3) is 5.65. The van der Waals surface area contributed by atoms with Crippen LogP contribution in [0.15, 0.2) is 53.0 Å². The lowest BCUT2D eigenvalue weighted by Crippen LogP contribution is -2.31. The van der Waals surface area contributed by atoms with Crippen molar-refractivity contribution in [1.82, 2.24) is 5.32 Å². The maximum absolute atomic E-state index is 11.9. The molecule has 1 N–H and O–H groups in total. The van der Waals surface area contributed by atoms with Gasteiger partial charge >= 0.3 is 5.97 Å². The SMILES string of the molecule is C[C@H](NC(=O)COC(=O)Cc1ccccc1Cl)c1ccc(Br)cc1. The molecule has 2 rings (SSSR count). The molecule has 0 saturated carbocycles. The quantitative estimate of drug-likeness (QED) is 0.731. The molecule has 2 aromatic rings. The average molecular weight is 411 g/mol. The van der Waals surface area contributed by atoms with E-state index in [9.17, 15) is 9.59 Å². The molecule has 0 spiro atoms. The van der Waals surface area contributed by atoms with Gasteiger partial charge in [-0.05, 0) is 36.2 Å². The van der Waals surface area contributed by atoms with Crippen LogP contribution >= 0.6 is 27.5 Å². The van der Waals surface area contributed by atoms with Crippen molar-refractivity contribution in [3.63, 3.8) is 0 Å². The summed E-state index contributed by atoms with van der Waals surface area (Å²) in [6.45, 7) is 1.55. The van der Waals surface area contributed by atoms with Gasteiger partial charge in [0.25, 0.3) is 5.91 Å². The fourth-order valence-corrected chi connectivity index (χ4v) is 2.58. The van der Waals surface area contributed by atoms with Gasteiger partial charge in [0, 0.05) is 9.50 Å². The first-order valence-electron chi connectivity index (χ1n) is 7.39. The highest BCUT2D eigenvalue weighted by atomic mass is 79.9. The molecule has 0 aliphatic carbocycles. The summed E-state index contributed by atoms with van der Waals surface area (Å²) in [7, 11) is 0. The highest BCUT2D eigenvalue weighted by molar-refractivity contribution is 9.10. The van der Waals surface area contributed by atoms with Gasteiger partial charge in [-0.25, -0.2) is 0 Å². The predicted octanol–water partition coefficient (Wildman–Crippen LogP) is 4.07. The number of amides is 1. The Hall–Kier alpha value is -1.85. The molecular formula is C18H17BrClNO3. The Kier molecular flexibility index (Phi) is 6.82. The third-order valence-electron chi connectivity index (χ3n) is 3.40. The van der Waals surface area contributed by atoms with E-state index in [-0.39, 0.29) is 25.0 Å². The number of benzene rings is 2. The first-order chi connectivity index (χ1) is 11.5. The second-order valence-corrected chi connectivity index (χ2v) is 6.59. The number of esters is 1. The van der Waals surface area contributed by atoms with Crippen LogP contribution in [0, 0.1) is 0 Å². The van der Waals surface area contributed by atoms with E-state index in [0.717, 1.165) is 10.0 Å². The number of carbonyl (C=O) groups is 2. The van der Waals surface area contributed by atoms with Gasteiger partial charge in [-0.3, -0.25) is 9.59 Å². The summed E-state index contributed by atoms with van der Waals surface area (Å²) in [5.41, 5.74) is 1.64. The molecule has 1 amide bonds. The lowest BCUT2D eigenvalue weighted by atomic mass is 10.1. The van der Waals surface area contributed by atoms with Gasteiger partial charge in [0.05, 0.1) is 12.5 Å². The van der Waals surface area contributed by atoms with Crippen molar-refractivity contribution in [3.8, 4) is 0 Å². The standard InChI is InChI=1S/C18H17BrClNO3/c1-12(13-6-8-15(19)9-7-13)21-17(22)11-24-18(23)10-14-4-2-3-5-16(14)20/h2-9,12H,10-11H2,1H3,(H,21,22)/t12-/m0/s1. The van der Waals surface area contributed by atoms with Crippen LogP contribution in [0.25, 0.3) is 0 Å². The normalized spacial score (nSPS) is 11.6. The van der Waals surface area contributed by atoms with Crippen molar-refractivity contribution in [3.05, 3.63) is 69.2 Å². The van der Waals surface area contributed by atoms with Crippen molar-refractivity contribution in [2.24, 2.45) is 0 Å². The van der Waals surface area contributed by atoms with Gasteiger partial charge in [-0.2, -0.15) is 0 Å². The molecule has 0 fully saturated rings. The molecule has 126 valence electrons. The summed E-state index contributed by atoms with van der Waals surface area (Å²) < 4.78 is 5.97. The second kappa shape index (κ2) is 8.85. The summed E-state index contributed by atoms with van der Waals surface area (Å²) in [5.74, 6) is -0.840. The maximum atomic E-state index is 11.9. The summed E-state index contributed by atoms with van der Waals surface area (Å²) >= 11 is 9.35. The molecule has 2 aromatic carbocycles. The van der Waals surface area contributed by atoms with Crippen LogP contribution in [0.2, 0.25) is 5.02 Å². The van der Waals surface area contributed by atoms with E-state index in [1.165, 1.54) is 0 Å². The van der Waals surface area contributed by atoms with Crippen LogP contribution in [-0.4, -0.2) is 18.5 Å². The number of hydrogen-bond acceptors (Lipinski definition) is 3. The largest absolute Gasteiger partial charge is 0.455 e. The van der Waals surface area contributed by atoms with E-state index in [0.29, 0.717) is 10.6 Å². The molecule has 0 aromatic heterocycles. The molecule has 0 radical (unpaired) electrons. The first kappa shape index (κ1) is 18.5. The van der Waals surface area contributed by atoms with E-state index in [1.54, 1.807) is 24.3 Å². The smallest absolute Gasteiger partial charge is 0.310 e. The summed E-state index contributed by atoms with van der Waals surface area (Å²) in [6.07, 6.45) is 0.0369. The number of rotatable bonds is 6. The number of halogens is 2. The summed E-state index contributed by atoms with van der Waals surface area (Å²) in [5, 5.41) is 3.29. The molecule has 24 heavy (non-hydrogen) atoms. The first-order valence-corrected chi connectivity index (χ1v) is 8.56. The monoisotopic (exact) mass is 409 g/mol. The Morgan fingerprint density at radius 3 is 2.50 bits per heavy atom. The summed E-state index contributed by atoms with van der Waals surface area (Å²) in [4.78, 5) is 23.7. The second-order valence-electron chi connectivity index (χ2n) is 5.27. The molecule has 0 bridgehead atoms. The van der Waals surface area contributed by atoms with Gasteiger partial charge in [-0.15, -0.1) is 0 Å². The number of carbonyl (C=O) groups excluding carboxylic acids is 2. The van der Waals surface area contributed by atoms with Gasteiger partial charge in [0.1, 0.15) is 0 Å². The highest BCUT2D eigenvalue weighted by Crippen LogP contribution is 2.17.